The third-order valence-electron chi connectivity index (χ3n) is 2.70. The number of sulfonamides is 1. The lowest BCUT2D eigenvalue weighted by Crippen LogP contribution is -2.29. The van der Waals surface area contributed by atoms with Gasteiger partial charge in [-0.05, 0) is 24.3 Å². The summed E-state index contributed by atoms with van der Waals surface area (Å²) in [6, 6.07) is 6.86. The first kappa shape index (κ1) is 14.3. The molecule has 0 atom stereocenters. The molecule has 104 valence electrons. The van der Waals surface area contributed by atoms with E-state index >= 15 is 0 Å². The van der Waals surface area contributed by atoms with Gasteiger partial charge in [0, 0.05) is 18.0 Å². The second kappa shape index (κ2) is 5.87. The SMILES string of the molecule is CCN(Cc1ccco1)S(=O)(=O)c1ccc(CN)s1. The van der Waals surface area contributed by atoms with E-state index < -0.39 is 10.0 Å². The Bertz CT molecular complexity index is 617. The van der Waals surface area contributed by atoms with Crippen molar-refractivity contribution in [3.63, 3.8) is 0 Å². The zero-order valence-electron chi connectivity index (χ0n) is 10.6. The fourth-order valence-electron chi connectivity index (χ4n) is 1.68. The van der Waals surface area contributed by atoms with Crippen molar-refractivity contribution in [2.24, 2.45) is 5.73 Å². The van der Waals surface area contributed by atoms with Crippen LogP contribution >= 0.6 is 11.3 Å². The molecule has 0 saturated heterocycles. The maximum absolute atomic E-state index is 12.5. The first-order valence-electron chi connectivity index (χ1n) is 5.89. The normalized spacial score (nSPS) is 12.2. The van der Waals surface area contributed by atoms with Crippen LogP contribution in [0.5, 0.6) is 0 Å². The molecular formula is C12H16N2O3S2. The molecule has 0 unspecified atom stereocenters. The lowest BCUT2D eigenvalue weighted by atomic mass is 10.4. The zero-order chi connectivity index (χ0) is 13.9. The molecule has 2 aromatic heterocycles. The summed E-state index contributed by atoms with van der Waals surface area (Å²) in [5, 5.41) is 0. The molecule has 2 N–H and O–H groups in total. The number of thiophene rings is 1. The van der Waals surface area contributed by atoms with Crippen LogP contribution in [0.1, 0.15) is 17.6 Å². The second-order valence-electron chi connectivity index (χ2n) is 3.94. The summed E-state index contributed by atoms with van der Waals surface area (Å²) < 4.78 is 31.9. The molecule has 5 nitrogen and oxygen atoms in total. The number of rotatable bonds is 6. The molecule has 19 heavy (non-hydrogen) atoms. The van der Waals surface area contributed by atoms with E-state index in [1.807, 2.05) is 0 Å². The zero-order valence-corrected chi connectivity index (χ0v) is 12.2. The highest BCUT2D eigenvalue weighted by molar-refractivity contribution is 7.91. The molecular weight excluding hydrogens is 284 g/mol. The van der Waals surface area contributed by atoms with E-state index in [1.165, 1.54) is 21.9 Å². The molecule has 0 aromatic carbocycles. The molecule has 0 saturated carbocycles. The Labute approximate surface area is 116 Å². The Kier molecular flexibility index (Phi) is 4.41. The molecule has 0 spiro atoms. The monoisotopic (exact) mass is 300 g/mol. The van der Waals surface area contributed by atoms with Crippen molar-refractivity contribution in [1.82, 2.24) is 4.31 Å². The first-order valence-corrected chi connectivity index (χ1v) is 8.15. The predicted molar refractivity (Wildman–Crippen MR) is 74.2 cm³/mol. The third kappa shape index (κ3) is 3.06. The van der Waals surface area contributed by atoms with E-state index in [1.54, 1.807) is 31.2 Å². The molecule has 0 bridgehead atoms. The van der Waals surface area contributed by atoms with Gasteiger partial charge < -0.3 is 10.2 Å². The van der Waals surface area contributed by atoms with Crippen LogP contribution in [-0.4, -0.2) is 19.3 Å². The highest BCUT2D eigenvalue weighted by Crippen LogP contribution is 2.25. The molecule has 0 aliphatic heterocycles. The summed E-state index contributed by atoms with van der Waals surface area (Å²) in [6.07, 6.45) is 1.54. The minimum Gasteiger partial charge on any atom is -0.468 e. The van der Waals surface area contributed by atoms with Crippen molar-refractivity contribution >= 4 is 21.4 Å². The van der Waals surface area contributed by atoms with Crippen molar-refractivity contribution in [2.75, 3.05) is 6.54 Å². The summed E-state index contributed by atoms with van der Waals surface area (Å²) in [4.78, 5) is 0.854. The average molecular weight is 300 g/mol. The average Bonchev–Trinajstić information content (AvgIpc) is 3.06. The first-order chi connectivity index (χ1) is 9.07. The van der Waals surface area contributed by atoms with Gasteiger partial charge in [0.05, 0.1) is 12.8 Å². The van der Waals surface area contributed by atoms with Crippen LogP contribution in [0.3, 0.4) is 0 Å². The number of hydrogen-bond donors (Lipinski definition) is 1. The molecule has 2 aromatic rings. The topological polar surface area (TPSA) is 76.5 Å². The lowest BCUT2D eigenvalue weighted by Gasteiger charge is -2.18. The molecule has 0 amide bonds. The number of nitrogens with zero attached hydrogens (tertiary/aromatic N) is 1. The summed E-state index contributed by atoms with van der Waals surface area (Å²) in [5.41, 5.74) is 5.51. The molecule has 0 aliphatic rings. The highest BCUT2D eigenvalue weighted by atomic mass is 32.2. The van der Waals surface area contributed by atoms with Crippen LogP contribution < -0.4 is 5.73 Å². The largest absolute Gasteiger partial charge is 0.468 e. The van der Waals surface area contributed by atoms with Gasteiger partial charge in [-0.15, -0.1) is 11.3 Å². The fourth-order valence-corrected chi connectivity index (χ4v) is 4.48. The van der Waals surface area contributed by atoms with Gasteiger partial charge in [-0.25, -0.2) is 8.42 Å². The van der Waals surface area contributed by atoms with Crippen molar-refractivity contribution in [3.05, 3.63) is 41.2 Å². The van der Waals surface area contributed by atoms with Gasteiger partial charge in [-0.3, -0.25) is 0 Å². The minimum absolute atomic E-state index is 0.238. The Morgan fingerprint density at radius 2 is 2.16 bits per heavy atom. The maximum Gasteiger partial charge on any atom is 0.252 e. The van der Waals surface area contributed by atoms with Crippen molar-refractivity contribution in [3.8, 4) is 0 Å². The number of furan rings is 1. The number of hydrogen-bond acceptors (Lipinski definition) is 5. The van der Waals surface area contributed by atoms with Crippen LogP contribution in [0.15, 0.2) is 39.2 Å². The molecule has 0 aliphatic carbocycles. The van der Waals surface area contributed by atoms with Crippen molar-refractivity contribution in [2.45, 2.75) is 24.2 Å². The molecule has 2 heterocycles. The third-order valence-corrected chi connectivity index (χ3v) is 6.19. The van der Waals surface area contributed by atoms with E-state index in [0.717, 1.165) is 4.88 Å². The highest BCUT2D eigenvalue weighted by Gasteiger charge is 2.25. The van der Waals surface area contributed by atoms with Crippen molar-refractivity contribution in [1.29, 1.82) is 0 Å². The van der Waals surface area contributed by atoms with E-state index in [9.17, 15) is 8.42 Å². The standard InChI is InChI=1S/C12H16N2O3S2/c1-2-14(9-10-4-3-7-17-10)19(15,16)12-6-5-11(8-13)18-12/h3-7H,2,8-9,13H2,1H3. The Morgan fingerprint density at radius 1 is 1.37 bits per heavy atom. The summed E-state index contributed by atoms with van der Waals surface area (Å²) in [5.74, 6) is 0.626. The van der Waals surface area contributed by atoms with Crippen LogP contribution in [0, 0.1) is 0 Å². The quantitative estimate of drug-likeness (QED) is 0.885. The van der Waals surface area contributed by atoms with Crippen molar-refractivity contribution < 1.29 is 12.8 Å². The van der Waals surface area contributed by atoms with Gasteiger partial charge >= 0.3 is 0 Å². The van der Waals surface area contributed by atoms with Gasteiger partial charge in [0.2, 0.25) is 0 Å². The summed E-state index contributed by atoms with van der Waals surface area (Å²) in [7, 11) is -3.48. The molecule has 2 rings (SSSR count). The molecule has 0 fully saturated rings. The van der Waals surface area contributed by atoms with E-state index in [2.05, 4.69) is 0 Å². The summed E-state index contributed by atoms with van der Waals surface area (Å²) >= 11 is 1.21. The van der Waals surface area contributed by atoms with Gasteiger partial charge in [-0.1, -0.05) is 6.92 Å². The smallest absolute Gasteiger partial charge is 0.252 e. The van der Waals surface area contributed by atoms with Crippen LogP contribution in [0.25, 0.3) is 0 Å². The van der Waals surface area contributed by atoms with Crippen LogP contribution in [-0.2, 0) is 23.1 Å². The van der Waals surface area contributed by atoms with Crippen LogP contribution in [0.4, 0.5) is 0 Å². The molecule has 0 radical (unpaired) electrons. The minimum atomic E-state index is -3.48. The van der Waals surface area contributed by atoms with Gasteiger partial charge in [-0.2, -0.15) is 4.31 Å². The Morgan fingerprint density at radius 3 is 2.68 bits per heavy atom. The lowest BCUT2D eigenvalue weighted by molar-refractivity contribution is 0.376. The molecule has 7 heteroatoms. The summed E-state index contributed by atoms with van der Waals surface area (Å²) in [6.45, 7) is 2.78. The number of nitrogens with two attached hydrogens (primary N) is 1. The van der Waals surface area contributed by atoms with Gasteiger partial charge in [0.15, 0.2) is 0 Å². The maximum atomic E-state index is 12.5. The Hall–Kier alpha value is -1.15. The second-order valence-corrected chi connectivity index (χ2v) is 7.27. The van der Waals surface area contributed by atoms with E-state index in [0.29, 0.717) is 23.1 Å². The van der Waals surface area contributed by atoms with Gasteiger partial charge in [0.1, 0.15) is 9.97 Å². The Balaban J connectivity index is 2.25. The predicted octanol–water partition coefficient (Wildman–Crippen LogP) is 2.01. The van der Waals surface area contributed by atoms with Crippen LogP contribution in [0.2, 0.25) is 0 Å². The van der Waals surface area contributed by atoms with E-state index in [4.69, 9.17) is 10.2 Å². The fraction of sp³-hybridized carbons (Fsp3) is 0.333. The van der Waals surface area contributed by atoms with E-state index in [-0.39, 0.29) is 6.54 Å². The van der Waals surface area contributed by atoms with Gasteiger partial charge in [0.25, 0.3) is 10.0 Å².